The number of benzene rings is 2. The third-order valence-corrected chi connectivity index (χ3v) is 8.07. The quantitative estimate of drug-likeness (QED) is 0.551. The fraction of sp³-hybridized carbons (Fsp3) is 0.182. The Labute approximate surface area is 200 Å². The van der Waals surface area contributed by atoms with Crippen LogP contribution in [-0.4, -0.2) is 36.0 Å². The summed E-state index contributed by atoms with van der Waals surface area (Å²) in [6.45, 7) is 3.53. The molecule has 34 heavy (non-hydrogen) atoms. The first-order valence-corrected chi connectivity index (χ1v) is 12.7. The van der Waals surface area contributed by atoms with Gasteiger partial charge in [0.2, 0.25) is 10.0 Å². The van der Waals surface area contributed by atoms with Crippen molar-refractivity contribution in [2.75, 3.05) is 5.01 Å². The van der Waals surface area contributed by atoms with Crippen LogP contribution in [-0.2, 0) is 14.8 Å². The molecule has 2 aliphatic heterocycles. The molecule has 3 aromatic rings. The first-order valence-electron chi connectivity index (χ1n) is 10.3. The Hall–Kier alpha value is -3.48. The van der Waals surface area contributed by atoms with Crippen molar-refractivity contribution in [3.8, 4) is 0 Å². The van der Waals surface area contributed by atoms with Gasteiger partial charge in [-0.2, -0.15) is 25.1 Å². The van der Waals surface area contributed by atoms with Crippen LogP contribution in [0, 0.1) is 6.92 Å². The molecule has 0 saturated heterocycles. The van der Waals surface area contributed by atoms with Crippen molar-refractivity contribution in [2.24, 2.45) is 15.3 Å². The molecular formula is C22H19N7O3S2. The fourth-order valence-corrected chi connectivity index (χ4v) is 6.47. The molecule has 12 heteroatoms. The van der Waals surface area contributed by atoms with Crippen LogP contribution in [0.25, 0.3) is 0 Å². The van der Waals surface area contributed by atoms with Crippen molar-refractivity contribution < 1.29 is 13.2 Å². The summed E-state index contributed by atoms with van der Waals surface area (Å²) in [5.41, 5.74) is 2.33. The van der Waals surface area contributed by atoms with Crippen LogP contribution in [0.4, 0.5) is 11.4 Å². The summed E-state index contributed by atoms with van der Waals surface area (Å²) in [6, 6.07) is 14.6. The normalized spacial score (nSPS) is 21.5. The molecule has 10 nitrogen and oxygen atoms in total. The van der Waals surface area contributed by atoms with Gasteiger partial charge in [0.1, 0.15) is 5.37 Å². The molecule has 0 saturated carbocycles. The summed E-state index contributed by atoms with van der Waals surface area (Å²) in [5.74, 6) is 0.0684. The zero-order chi connectivity index (χ0) is 23.9. The van der Waals surface area contributed by atoms with Crippen molar-refractivity contribution in [1.82, 2.24) is 14.7 Å². The summed E-state index contributed by atoms with van der Waals surface area (Å²) < 4.78 is 28.2. The molecule has 5 rings (SSSR count). The number of amides is 1. The highest BCUT2D eigenvalue weighted by Crippen LogP contribution is 2.42. The van der Waals surface area contributed by atoms with Crippen LogP contribution in [0.1, 0.15) is 23.8 Å². The number of fused-ring (bicyclic) bond motifs is 1. The molecular weight excluding hydrogens is 474 g/mol. The SMILES string of the molecule is CC1=NN(c2ccccc2)C(=O)C1N=Nc1ccc2c(c1)SC(c1nccc(C)n1)NS2(=O)=O. The lowest BCUT2D eigenvalue weighted by atomic mass is 10.2. The smallest absolute Gasteiger partial charge is 0.269 e. The number of para-hydroxylation sites is 1. The van der Waals surface area contributed by atoms with E-state index >= 15 is 0 Å². The minimum Gasteiger partial charge on any atom is -0.269 e. The van der Waals surface area contributed by atoms with Gasteiger partial charge in [-0.15, -0.1) is 0 Å². The average Bonchev–Trinajstić information content (AvgIpc) is 3.10. The topological polar surface area (TPSA) is 129 Å². The molecule has 3 heterocycles. The molecule has 0 spiro atoms. The van der Waals surface area contributed by atoms with Crippen LogP contribution < -0.4 is 9.73 Å². The molecule has 2 atom stereocenters. The maximum absolute atomic E-state index is 12.8. The second kappa shape index (κ2) is 8.70. The number of carbonyl (C=O) groups is 1. The van der Waals surface area contributed by atoms with E-state index in [1.165, 1.54) is 22.8 Å². The first kappa shape index (κ1) is 22.3. The molecule has 0 aliphatic carbocycles. The Kier molecular flexibility index (Phi) is 5.71. The van der Waals surface area contributed by atoms with Gasteiger partial charge in [-0.25, -0.2) is 18.4 Å². The van der Waals surface area contributed by atoms with E-state index in [2.05, 4.69) is 30.0 Å². The largest absolute Gasteiger partial charge is 0.280 e. The Morgan fingerprint density at radius 1 is 1.09 bits per heavy atom. The minimum atomic E-state index is -3.76. The highest BCUT2D eigenvalue weighted by atomic mass is 32.2. The van der Waals surface area contributed by atoms with Crippen LogP contribution in [0.15, 0.2) is 85.9 Å². The van der Waals surface area contributed by atoms with Crippen molar-refractivity contribution in [3.63, 3.8) is 0 Å². The molecule has 1 N–H and O–H groups in total. The number of hydrogen-bond acceptors (Lipinski definition) is 9. The van der Waals surface area contributed by atoms with E-state index in [4.69, 9.17) is 0 Å². The second-order valence-electron chi connectivity index (χ2n) is 7.65. The molecule has 0 bridgehead atoms. The fourth-order valence-electron chi connectivity index (χ4n) is 3.50. The number of aromatic nitrogens is 2. The van der Waals surface area contributed by atoms with Crippen LogP contribution in [0.3, 0.4) is 0 Å². The lowest BCUT2D eigenvalue weighted by Crippen LogP contribution is -2.31. The number of anilines is 1. The first-order chi connectivity index (χ1) is 16.3. The summed E-state index contributed by atoms with van der Waals surface area (Å²) in [5, 5.41) is 13.4. The summed E-state index contributed by atoms with van der Waals surface area (Å²) in [7, 11) is -3.76. The van der Waals surface area contributed by atoms with Gasteiger partial charge < -0.3 is 0 Å². The lowest BCUT2D eigenvalue weighted by molar-refractivity contribution is -0.117. The van der Waals surface area contributed by atoms with Gasteiger partial charge in [-0.3, -0.25) is 4.79 Å². The lowest BCUT2D eigenvalue weighted by Gasteiger charge is -2.24. The average molecular weight is 494 g/mol. The molecule has 0 fully saturated rings. The van der Waals surface area contributed by atoms with Gasteiger partial charge in [0.15, 0.2) is 11.9 Å². The van der Waals surface area contributed by atoms with Crippen LogP contribution in [0.2, 0.25) is 0 Å². The van der Waals surface area contributed by atoms with Gasteiger partial charge in [-0.1, -0.05) is 30.0 Å². The van der Waals surface area contributed by atoms with Crippen molar-refractivity contribution in [1.29, 1.82) is 0 Å². The van der Waals surface area contributed by atoms with E-state index in [0.29, 0.717) is 27.8 Å². The highest BCUT2D eigenvalue weighted by Gasteiger charge is 2.35. The van der Waals surface area contributed by atoms with Crippen molar-refractivity contribution >= 4 is 44.8 Å². The van der Waals surface area contributed by atoms with E-state index in [1.807, 2.05) is 25.1 Å². The van der Waals surface area contributed by atoms with Gasteiger partial charge >= 0.3 is 0 Å². The number of nitrogens with zero attached hydrogens (tertiary/aromatic N) is 6. The van der Waals surface area contributed by atoms with Crippen LogP contribution >= 0.6 is 11.8 Å². The predicted octanol–water partition coefficient (Wildman–Crippen LogP) is 3.74. The molecule has 0 radical (unpaired) electrons. The number of aryl methyl sites for hydroxylation is 1. The van der Waals surface area contributed by atoms with E-state index < -0.39 is 21.4 Å². The van der Waals surface area contributed by atoms with E-state index in [-0.39, 0.29) is 10.8 Å². The second-order valence-corrected chi connectivity index (χ2v) is 10.5. The van der Waals surface area contributed by atoms with Crippen molar-refractivity contribution in [3.05, 3.63) is 72.3 Å². The highest BCUT2D eigenvalue weighted by molar-refractivity contribution is 8.02. The number of hydrazone groups is 1. The number of rotatable bonds is 4. The summed E-state index contributed by atoms with van der Waals surface area (Å²) >= 11 is 1.28. The van der Waals surface area contributed by atoms with E-state index in [1.54, 1.807) is 43.5 Å². The molecule has 2 unspecified atom stereocenters. The Morgan fingerprint density at radius 2 is 1.88 bits per heavy atom. The van der Waals surface area contributed by atoms with E-state index in [0.717, 1.165) is 5.69 Å². The maximum Gasteiger partial charge on any atom is 0.280 e. The number of hydrogen-bond donors (Lipinski definition) is 1. The maximum atomic E-state index is 12.8. The third-order valence-electron chi connectivity index (χ3n) is 5.16. The summed E-state index contributed by atoms with van der Waals surface area (Å²) in [4.78, 5) is 22.0. The number of thioether (sulfide) groups is 1. The zero-order valence-electron chi connectivity index (χ0n) is 18.2. The number of sulfonamides is 1. The molecule has 1 amide bonds. The van der Waals surface area contributed by atoms with Gasteiger partial charge in [0, 0.05) is 16.8 Å². The summed E-state index contributed by atoms with van der Waals surface area (Å²) in [6.07, 6.45) is 1.59. The van der Waals surface area contributed by atoms with Gasteiger partial charge in [0.05, 0.1) is 22.0 Å². The standard InChI is InChI=1S/C22H19N7O3S2/c1-13-10-11-23-20(24-13)21-28-34(31,32)18-9-8-15(12-17(18)33-21)25-26-19-14(2)27-29(22(19)30)16-6-4-3-5-7-16/h3-12,19,21,28H,1-2H3. The molecule has 1 aromatic heterocycles. The van der Waals surface area contributed by atoms with Crippen molar-refractivity contribution in [2.45, 2.75) is 35.1 Å². The number of azo groups is 1. The van der Waals surface area contributed by atoms with Gasteiger partial charge in [-0.05, 0) is 50.2 Å². The monoisotopic (exact) mass is 493 g/mol. The zero-order valence-corrected chi connectivity index (χ0v) is 19.8. The predicted molar refractivity (Wildman–Crippen MR) is 127 cm³/mol. The van der Waals surface area contributed by atoms with E-state index in [9.17, 15) is 13.2 Å². The Morgan fingerprint density at radius 3 is 2.65 bits per heavy atom. The number of carbonyl (C=O) groups excluding carboxylic acids is 1. The third kappa shape index (κ3) is 4.22. The van der Waals surface area contributed by atoms with Crippen LogP contribution in [0.5, 0.6) is 0 Å². The molecule has 172 valence electrons. The minimum absolute atomic E-state index is 0.144. The molecule has 2 aromatic carbocycles. The Balaban J connectivity index is 1.40. The Bertz CT molecular complexity index is 1440. The van der Waals surface area contributed by atoms with Gasteiger partial charge in [0.25, 0.3) is 5.91 Å². The number of nitrogens with one attached hydrogen (secondary N) is 1. The molecule has 2 aliphatic rings.